The third-order valence-corrected chi connectivity index (χ3v) is 4.63. The predicted molar refractivity (Wildman–Crippen MR) is 90.6 cm³/mol. The van der Waals surface area contributed by atoms with Crippen LogP contribution in [0.25, 0.3) is 0 Å². The molecule has 1 aromatic heterocycles. The molecular formula is C19H19NS. The van der Waals surface area contributed by atoms with Crippen molar-refractivity contribution in [1.29, 1.82) is 0 Å². The maximum absolute atomic E-state index is 3.70. The van der Waals surface area contributed by atoms with Gasteiger partial charge in [-0.1, -0.05) is 60.7 Å². The van der Waals surface area contributed by atoms with Crippen LogP contribution >= 0.6 is 11.3 Å². The van der Waals surface area contributed by atoms with Gasteiger partial charge in [0.05, 0.1) is 6.04 Å². The molecule has 0 aliphatic rings. The first-order valence-electron chi connectivity index (χ1n) is 7.19. The molecule has 1 nitrogen and oxygen atoms in total. The van der Waals surface area contributed by atoms with Crippen LogP contribution in [0.5, 0.6) is 0 Å². The zero-order valence-corrected chi connectivity index (χ0v) is 12.9. The van der Waals surface area contributed by atoms with Gasteiger partial charge >= 0.3 is 0 Å². The topological polar surface area (TPSA) is 12.0 Å². The lowest BCUT2D eigenvalue weighted by atomic mass is 9.98. The summed E-state index contributed by atoms with van der Waals surface area (Å²) in [5, 5.41) is 8.14. The molecule has 0 aliphatic carbocycles. The van der Waals surface area contributed by atoms with E-state index in [-0.39, 0.29) is 6.04 Å². The number of hydrogen-bond acceptors (Lipinski definition) is 2. The minimum Gasteiger partial charge on any atom is -0.302 e. The summed E-state index contributed by atoms with van der Waals surface area (Å²) < 4.78 is 0. The number of aryl methyl sites for hydroxylation is 1. The summed E-state index contributed by atoms with van der Waals surface area (Å²) in [6.07, 6.45) is 0. The van der Waals surface area contributed by atoms with Crippen molar-refractivity contribution in [2.24, 2.45) is 0 Å². The summed E-state index contributed by atoms with van der Waals surface area (Å²) in [4.78, 5) is 0. The third kappa shape index (κ3) is 3.41. The molecule has 1 N–H and O–H groups in total. The molecule has 106 valence electrons. The van der Waals surface area contributed by atoms with Gasteiger partial charge in [0.25, 0.3) is 0 Å². The summed E-state index contributed by atoms with van der Waals surface area (Å²) in [5.41, 5.74) is 5.36. The smallest absolute Gasteiger partial charge is 0.0579 e. The average molecular weight is 293 g/mol. The molecule has 1 heterocycles. The van der Waals surface area contributed by atoms with Gasteiger partial charge in [0.15, 0.2) is 0 Å². The van der Waals surface area contributed by atoms with E-state index in [1.807, 2.05) is 0 Å². The molecule has 0 fully saturated rings. The summed E-state index contributed by atoms with van der Waals surface area (Å²) in [7, 11) is 0. The first kappa shape index (κ1) is 14.1. The van der Waals surface area contributed by atoms with E-state index in [1.54, 1.807) is 11.3 Å². The van der Waals surface area contributed by atoms with Gasteiger partial charge in [0.1, 0.15) is 0 Å². The Balaban J connectivity index is 1.85. The molecule has 0 atom stereocenters. The first-order chi connectivity index (χ1) is 10.3. The van der Waals surface area contributed by atoms with Gasteiger partial charge in [-0.25, -0.2) is 0 Å². The molecule has 0 saturated heterocycles. The third-order valence-electron chi connectivity index (χ3n) is 3.72. The van der Waals surface area contributed by atoms with E-state index in [2.05, 4.69) is 83.7 Å². The van der Waals surface area contributed by atoms with Crippen LogP contribution in [0.1, 0.15) is 28.3 Å². The van der Waals surface area contributed by atoms with Gasteiger partial charge in [-0.15, -0.1) is 0 Å². The van der Waals surface area contributed by atoms with E-state index in [0.717, 1.165) is 6.54 Å². The molecule has 2 heteroatoms. The van der Waals surface area contributed by atoms with Crippen LogP contribution in [-0.2, 0) is 6.54 Å². The quantitative estimate of drug-likeness (QED) is 0.703. The zero-order valence-electron chi connectivity index (χ0n) is 12.1. The van der Waals surface area contributed by atoms with Crippen LogP contribution in [0.4, 0.5) is 0 Å². The number of nitrogens with one attached hydrogen (secondary N) is 1. The first-order valence-corrected chi connectivity index (χ1v) is 8.14. The molecule has 0 saturated carbocycles. The lowest BCUT2D eigenvalue weighted by molar-refractivity contribution is 0.604. The van der Waals surface area contributed by atoms with Crippen molar-refractivity contribution >= 4 is 11.3 Å². The van der Waals surface area contributed by atoms with Crippen LogP contribution in [0.3, 0.4) is 0 Å². The van der Waals surface area contributed by atoms with E-state index in [0.29, 0.717) is 0 Å². The average Bonchev–Trinajstić information content (AvgIpc) is 2.95. The Labute approximate surface area is 130 Å². The van der Waals surface area contributed by atoms with Crippen molar-refractivity contribution in [3.05, 3.63) is 93.7 Å². The standard InChI is InChI=1S/C19H19NS/c1-15-13-21-14-18(15)12-20-19(16-8-4-2-5-9-16)17-10-6-3-7-11-17/h2-11,13-14,19-20H,12H2,1H3. The SMILES string of the molecule is Cc1cscc1CNC(c1ccccc1)c1ccccc1. The van der Waals surface area contributed by atoms with Gasteiger partial charge in [0, 0.05) is 6.54 Å². The highest BCUT2D eigenvalue weighted by molar-refractivity contribution is 7.08. The summed E-state index contributed by atoms with van der Waals surface area (Å²) in [5.74, 6) is 0. The number of thiophene rings is 1. The molecular weight excluding hydrogens is 274 g/mol. The van der Waals surface area contributed by atoms with Crippen LogP contribution in [0, 0.1) is 6.92 Å². The van der Waals surface area contributed by atoms with Crippen LogP contribution in [0.15, 0.2) is 71.4 Å². The number of rotatable bonds is 5. The van der Waals surface area contributed by atoms with E-state index in [1.165, 1.54) is 22.3 Å². The Bertz CT molecular complexity index is 634. The Hall–Kier alpha value is -1.90. The second-order valence-corrected chi connectivity index (χ2v) is 5.96. The van der Waals surface area contributed by atoms with Gasteiger partial charge < -0.3 is 5.32 Å². The Kier molecular flexibility index (Phi) is 4.49. The fraction of sp³-hybridized carbons (Fsp3) is 0.158. The molecule has 0 spiro atoms. The van der Waals surface area contributed by atoms with Gasteiger partial charge in [-0.2, -0.15) is 11.3 Å². The zero-order chi connectivity index (χ0) is 14.5. The number of benzene rings is 2. The summed E-state index contributed by atoms with van der Waals surface area (Å²) in [6.45, 7) is 3.07. The molecule has 2 aromatic carbocycles. The van der Waals surface area contributed by atoms with Crippen molar-refractivity contribution in [3.8, 4) is 0 Å². The van der Waals surface area contributed by atoms with Crippen molar-refractivity contribution in [2.45, 2.75) is 19.5 Å². The summed E-state index contributed by atoms with van der Waals surface area (Å²) >= 11 is 1.77. The molecule has 0 amide bonds. The van der Waals surface area contributed by atoms with Crippen LogP contribution in [0.2, 0.25) is 0 Å². The van der Waals surface area contributed by atoms with Crippen molar-refractivity contribution in [2.75, 3.05) is 0 Å². The van der Waals surface area contributed by atoms with Crippen molar-refractivity contribution in [3.63, 3.8) is 0 Å². The summed E-state index contributed by atoms with van der Waals surface area (Å²) in [6, 6.07) is 21.5. The van der Waals surface area contributed by atoms with Gasteiger partial charge in [0.2, 0.25) is 0 Å². The second-order valence-electron chi connectivity index (χ2n) is 5.22. The maximum Gasteiger partial charge on any atom is 0.0579 e. The van der Waals surface area contributed by atoms with Crippen molar-refractivity contribution < 1.29 is 0 Å². The number of hydrogen-bond donors (Lipinski definition) is 1. The van der Waals surface area contributed by atoms with E-state index < -0.39 is 0 Å². The second kappa shape index (κ2) is 6.70. The fourth-order valence-corrected chi connectivity index (χ4v) is 3.36. The maximum atomic E-state index is 3.70. The minimum absolute atomic E-state index is 0.228. The molecule has 0 unspecified atom stereocenters. The highest BCUT2D eigenvalue weighted by Crippen LogP contribution is 2.23. The fourth-order valence-electron chi connectivity index (χ4n) is 2.50. The Morgan fingerprint density at radius 2 is 1.43 bits per heavy atom. The monoisotopic (exact) mass is 293 g/mol. The molecule has 0 aliphatic heterocycles. The van der Waals surface area contributed by atoms with E-state index in [9.17, 15) is 0 Å². The molecule has 0 bridgehead atoms. The predicted octanol–water partition coefficient (Wildman–Crippen LogP) is 4.94. The lowest BCUT2D eigenvalue weighted by Crippen LogP contribution is -2.22. The van der Waals surface area contributed by atoms with Gasteiger partial charge in [-0.3, -0.25) is 0 Å². The highest BCUT2D eigenvalue weighted by atomic mass is 32.1. The van der Waals surface area contributed by atoms with Crippen LogP contribution in [-0.4, -0.2) is 0 Å². The Morgan fingerprint density at radius 1 is 0.857 bits per heavy atom. The Morgan fingerprint density at radius 3 is 1.90 bits per heavy atom. The largest absolute Gasteiger partial charge is 0.302 e. The molecule has 21 heavy (non-hydrogen) atoms. The minimum atomic E-state index is 0.228. The normalized spacial score (nSPS) is 11.0. The molecule has 3 rings (SSSR count). The van der Waals surface area contributed by atoms with Crippen molar-refractivity contribution in [1.82, 2.24) is 5.32 Å². The van der Waals surface area contributed by atoms with Gasteiger partial charge in [-0.05, 0) is 39.9 Å². The van der Waals surface area contributed by atoms with E-state index >= 15 is 0 Å². The lowest BCUT2D eigenvalue weighted by Gasteiger charge is -2.20. The highest BCUT2D eigenvalue weighted by Gasteiger charge is 2.13. The molecule has 3 aromatic rings. The van der Waals surface area contributed by atoms with Crippen LogP contribution < -0.4 is 5.32 Å². The van der Waals surface area contributed by atoms with E-state index in [4.69, 9.17) is 0 Å². The molecule has 0 radical (unpaired) electrons.